The zero-order valence-corrected chi connectivity index (χ0v) is 26.7. The molecule has 2 aliphatic rings. The van der Waals surface area contributed by atoms with E-state index in [2.05, 4.69) is 15.0 Å². The second-order valence-corrected chi connectivity index (χ2v) is 14.5. The lowest BCUT2D eigenvalue weighted by molar-refractivity contribution is 0.0206. The fourth-order valence-electron chi connectivity index (χ4n) is 5.45. The number of hydrogen-bond donors (Lipinski definition) is 1. The highest BCUT2D eigenvalue weighted by molar-refractivity contribution is 7.89. The monoisotopic (exact) mass is 680 g/mol. The third kappa shape index (κ3) is 6.15. The van der Waals surface area contributed by atoms with Crippen molar-refractivity contribution in [3.63, 3.8) is 0 Å². The first kappa shape index (κ1) is 30.8. The van der Waals surface area contributed by atoms with E-state index in [0.717, 1.165) is 25.2 Å². The smallest absolute Gasteiger partial charge is 0.344 e. The number of fused-ring (bicyclic) bond motifs is 1. The summed E-state index contributed by atoms with van der Waals surface area (Å²) >= 11 is 14.1. The third-order valence-corrected chi connectivity index (χ3v) is 9.93. The molecule has 232 valence electrons. The van der Waals surface area contributed by atoms with Crippen LogP contribution < -0.4 is 9.62 Å². The lowest BCUT2D eigenvalue weighted by Crippen LogP contribution is -2.45. The number of aromatic nitrogens is 2. The molecule has 0 bridgehead atoms. The van der Waals surface area contributed by atoms with E-state index < -0.39 is 33.8 Å². The molecule has 2 aromatic heterocycles. The Balaban J connectivity index is 1.22. The largest absolute Gasteiger partial charge is 0.458 e. The number of nitrogens with zero attached hydrogens (tertiary/aromatic N) is 3. The number of amides is 1. The zero-order chi connectivity index (χ0) is 31.3. The molecular formula is C29H27Cl2FN4O6S2. The number of sulfonamides is 1. The molecule has 1 saturated carbocycles. The first-order valence-corrected chi connectivity index (χ1v) is 17.4. The van der Waals surface area contributed by atoms with Crippen LogP contribution in [0.15, 0.2) is 34.9 Å². The number of ether oxygens (including phenoxy) is 1. The molecule has 2 fully saturated rings. The van der Waals surface area contributed by atoms with E-state index in [-0.39, 0.29) is 34.3 Å². The summed E-state index contributed by atoms with van der Waals surface area (Å²) in [5.74, 6) is -1.63. The van der Waals surface area contributed by atoms with E-state index in [0.29, 0.717) is 57.0 Å². The number of anilines is 1. The van der Waals surface area contributed by atoms with Crippen LogP contribution in [-0.2, 0) is 14.8 Å². The van der Waals surface area contributed by atoms with Crippen LogP contribution >= 0.6 is 34.5 Å². The number of nitrogens with one attached hydrogen (secondary N) is 1. The molecule has 1 N–H and O–H groups in total. The van der Waals surface area contributed by atoms with Gasteiger partial charge in [-0.15, -0.1) is 0 Å². The first-order valence-electron chi connectivity index (χ1n) is 14.0. The number of esters is 1. The Morgan fingerprint density at radius 3 is 2.59 bits per heavy atom. The van der Waals surface area contributed by atoms with Gasteiger partial charge in [-0.25, -0.2) is 27.3 Å². The van der Waals surface area contributed by atoms with Crippen LogP contribution in [0.4, 0.5) is 9.52 Å². The van der Waals surface area contributed by atoms with E-state index in [1.807, 2.05) is 11.6 Å². The highest BCUT2D eigenvalue weighted by atomic mass is 35.5. The van der Waals surface area contributed by atoms with Gasteiger partial charge in [-0.05, 0) is 43.5 Å². The molecule has 0 radical (unpaired) electrons. The molecule has 1 aliphatic carbocycles. The first-order chi connectivity index (χ1) is 20.9. The van der Waals surface area contributed by atoms with Gasteiger partial charge in [-0.3, -0.25) is 4.79 Å². The maximum atomic E-state index is 14.9. The molecule has 2 aromatic carbocycles. The van der Waals surface area contributed by atoms with Crippen molar-refractivity contribution < 1.29 is 31.7 Å². The Kier molecular flexibility index (Phi) is 8.33. The molecule has 0 spiro atoms. The van der Waals surface area contributed by atoms with Crippen LogP contribution in [-0.4, -0.2) is 55.4 Å². The second-order valence-electron chi connectivity index (χ2n) is 11.0. The number of benzene rings is 2. The quantitative estimate of drug-likeness (QED) is 0.205. The SMILES string of the molecule is CC[C@@H]1C[C@H](OC(=O)c2c(-c3c(Cl)cccc3Cl)noc2C2CC2)CCN1c1nc2c(F)cc(C(=O)NS(C)(=O)=O)cc2s1. The average molecular weight is 682 g/mol. The summed E-state index contributed by atoms with van der Waals surface area (Å²) in [7, 11) is -3.81. The van der Waals surface area contributed by atoms with Gasteiger partial charge in [0, 0.05) is 42.5 Å². The van der Waals surface area contributed by atoms with Gasteiger partial charge in [0.15, 0.2) is 16.7 Å². The van der Waals surface area contributed by atoms with Crippen molar-refractivity contribution in [1.29, 1.82) is 0 Å². The molecule has 10 nitrogen and oxygen atoms in total. The summed E-state index contributed by atoms with van der Waals surface area (Å²) in [5, 5.41) is 5.43. The van der Waals surface area contributed by atoms with E-state index in [1.54, 1.807) is 18.2 Å². The van der Waals surface area contributed by atoms with Crippen LogP contribution in [0.5, 0.6) is 0 Å². The molecule has 1 aliphatic heterocycles. The van der Waals surface area contributed by atoms with Gasteiger partial charge in [0.05, 0.1) is 21.0 Å². The lowest BCUT2D eigenvalue weighted by atomic mass is 9.97. The highest BCUT2D eigenvalue weighted by Gasteiger charge is 2.39. The number of halogens is 3. The van der Waals surface area contributed by atoms with Crippen molar-refractivity contribution in [2.75, 3.05) is 17.7 Å². The van der Waals surface area contributed by atoms with Gasteiger partial charge >= 0.3 is 5.97 Å². The highest BCUT2D eigenvalue weighted by Crippen LogP contribution is 2.46. The van der Waals surface area contributed by atoms with Crippen molar-refractivity contribution in [3.8, 4) is 11.3 Å². The van der Waals surface area contributed by atoms with Gasteiger partial charge in [-0.2, -0.15) is 0 Å². The molecule has 3 heterocycles. The predicted molar refractivity (Wildman–Crippen MR) is 166 cm³/mol. The molecule has 1 amide bonds. The summed E-state index contributed by atoms with van der Waals surface area (Å²) < 4.78 is 51.8. The Morgan fingerprint density at radius 1 is 1.20 bits per heavy atom. The zero-order valence-electron chi connectivity index (χ0n) is 23.6. The molecule has 0 unspecified atom stereocenters. The summed E-state index contributed by atoms with van der Waals surface area (Å²) in [5.41, 5.74) is 0.897. The standard InChI is InChI=1S/C29H27Cl2FN4O6S2/c1-3-16-13-17(41-28(38)23-25(34-42-26(23)14-7-8-14)22-18(30)5-4-6-19(22)31)9-10-36(16)29-33-24-20(32)11-15(12-21(24)43-29)27(37)35-44(2,39)40/h4-6,11-12,14,16-17H,3,7-10,13H2,1-2H3,(H,35,37)/t16-,17-/m1/s1. The predicted octanol–water partition coefficient (Wildman–Crippen LogP) is 6.57. The van der Waals surface area contributed by atoms with Crippen molar-refractivity contribution in [3.05, 3.63) is 63.1 Å². The Bertz CT molecular complexity index is 1870. The maximum Gasteiger partial charge on any atom is 0.344 e. The summed E-state index contributed by atoms with van der Waals surface area (Å²) in [6.45, 7) is 2.49. The average Bonchev–Trinajstić information content (AvgIpc) is 3.56. The molecule has 4 aromatic rings. The second kappa shape index (κ2) is 11.9. The van der Waals surface area contributed by atoms with Crippen LogP contribution in [0.25, 0.3) is 21.5 Å². The molecule has 6 rings (SSSR count). The maximum absolute atomic E-state index is 14.9. The van der Waals surface area contributed by atoms with E-state index in [1.165, 1.54) is 17.4 Å². The normalized spacial score (nSPS) is 18.9. The fourth-order valence-corrected chi connectivity index (χ4v) is 7.60. The van der Waals surface area contributed by atoms with Gasteiger partial charge < -0.3 is 14.2 Å². The molecule has 1 saturated heterocycles. The summed E-state index contributed by atoms with van der Waals surface area (Å²) in [6, 6.07) is 7.38. The van der Waals surface area contributed by atoms with Gasteiger partial charge in [0.2, 0.25) is 10.0 Å². The Hall–Kier alpha value is -3.26. The minimum Gasteiger partial charge on any atom is -0.458 e. The van der Waals surface area contributed by atoms with Crippen molar-refractivity contribution >= 4 is 71.8 Å². The summed E-state index contributed by atoms with van der Waals surface area (Å²) in [4.78, 5) is 32.5. The Labute approximate surface area is 266 Å². The van der Waals surface area contributed by atoms with Gasteiger partial charge in [0.1, 0.15) is 22.9 Å². The minimum atomic E-state index is -3.81. The van der Waals surface area contributed by atoms with Crippen molar-refractivity contribution in [2.24, 2.45) is 0 Å². The number of thiazole rings is 1. The van der Waals surface area contributed by atoms with Crippen LogP contribution in [0.2, 0.25) is 10.0 Å². The number of rotatable bonds is 8. The molecule has 15 heteroatoms. The molecule has 44 heavy (non-hydrogen) atoms. The Morgan fingerprint density at radius 2 is 1.93 bits per heavy atom. The minimum absolute atomic E-state index is 0.0685. The lowest BCUT2D eigenvalue weighted by Gasteiger charge is -2.38. The van der Waals surface area contributed by atoms with E-state index >= 15 is 0 Å². The van der Waals surface area contributed by atoms with Crippen LogP contribution in [0, 0.1) is 5.82 Å². The van der Waals surface area contributed by atoms with Gasteiger partial charge in [-0.1, -0.05) is 52.7 Å². The topological polar surface area (TPSA) is 132 Å². The van der Waals surface area contributed by atoms with Crippen molar-refractivity contribution in [2.45, 2.75) is 57.1 Å². The summed E-state index contributed by atoms with van der Waals surface area (Å²) in [6.07, 6.45) is 3.92. The number of carbonyl (C=O) groups is 2. The number of hydrogen-bond acceptors (Lipinski definition) is 10. The van der Waals surface area contributed by atoms with Crippen LogP contribution in [0.1, 0.15) is 71.4 Å². The molecular weight excluding hydrogens is 654 g/mol. The van der Waals surface area contributed by atoms with Crippen LogP contribution in [0.3, 0.4) is 0 Å². The fraction of sp³-hybridized carbons (Fsp3) is 0.379. The number of piperidine rings is 1. The van der Waals surface area contributed by atoms with E-state index in [9.17, 15) is 22.4 Å². The van der Waals surface area contributed by atoms with Gasteiger partial charge in [0.25, 0.3) is 5.91 Å². The number of carbonyl (C=O) groups excluding carboxylic acids is 2. The third-order valence-electron chi connectivity index (χ3n) is 7.71. The van der Waals surface area contributed by atoms with E-state index in [4.69, 9.17) is 32.5 Å². The molecule has 2 atom stereocenters. The van der Waals surface area contributed by atoms with Crippen molar-refractivity contribution in [1.82, 2.24) is 14.9 Å².